The molecule has 0 spiro atoms. The maximum Gasteiger partial charge on any atom is 0.0387 e. The zero-order chi connectivity index (χ0) is 6.53. The van der Waals surface area contributed by atoms with E-state index in [1.165, 1.54) is 12.8 Å². The van der Waals surface area contributed by atoms with Gasteiger partial charge in [-0.3, -0.25) is 0 Å². The SMILES string of the molecule is FNCCN1CCCC1. The van der Waals surface area contributed by atoms with Gasteiger partial charge in [-0.15, -0.1) is 4.48 Å². The maximum atomic E-state index is 11.4. The number of halogens is 1. The Kier molecular flexibility index (Phi) is 2.94. The fourth-order valence-electron chi connectivity index (χ4n) is 1.21. The molecule has 0 amide bonds. The van der Waals surface area contributed by atoms with Crippen molar-refractivity contribution in [1.29, 1.82) is 0 Å². The topological polar surface area (TPSA) is 15.3 Å². The van der Waals surface area contributed by atoms with Gasteiger partial charge in [-0.05, 0) is 25.9 Å². The van der Waals surface area contributed by atoms with Crippen LogP contribution in [-0.2, 0) is 0 Å². The van der Waals surface area contributed by atoms with Crippen LogP contribution in [0, 0.1) is 0 Å². The molecule has 1 aliphatic rings. The van der Waals surface area contributed by atoms with Gasteiger partial charge in [0, 0.05) is 13.1 Å². The quantitative estimate of drug-likeness (QED) is 0.564. The summed E-state index contributed by atoms with van der Waals surface area (Å²) in [7, 11) is 0. The Morgan fingerprint density at radius 2 is 2.00 bits per heavy atom. The molecule has 0 aromatic carbocycles. The van der Waals surface area contributed by atoms with Crippen molar-refractivity contribution in [2.75, 3.05) is 26.2 Å². The van der Waals surface area contributed by atoms with E-state index in [2.05, 4.69) is 4.90 Å². The zero-order valence-corrected chi connectivity index (χ0v) is 5.57. The fourth-order valence-corrected chi connectivity index (χ4v) is 1.21. The second-order valence-corrected chi connectivity index (χ2v) is 2.43. The highest BCUT2D eigenvalue weighted by Crippen LogP contribution is 2.05. The highest BCUT2D eigenvalue weighted by Gasteiger charge is 2.09. The van der Waals surface area contributed by atoms with Crippen LogP contribution in [0.5, 0.6) is 0 Å². The summed E-state index contributed by atoms with van der Waals surface area (Å²) in [5.41, 5.74) is 1.65. The molecule has 54 valence electrons. The average Bonchev–Trinajstić information content (AvgIpc) is 2.34. The Balaban J connectivity index is 1.98. The zero-order valence-electron chi connectivity index (χ0n) is 5.57. The van der Waals surface area contributed by atoms with Crippen LogP contribution in [0.2, 0.25) is 0 Å². The lowest BCUT2D eigenvalue weighted by atomic mass is 10.4. The smallest absolute Gasteiger partial charge is 0.0387 e. The van der Waals surface area contributed by atoms with Crippen LogP contribution >= 0.6 is 0 Å². The predicted octanol–water partition coefficient (Wildman–Crippen LogP) is 0.556. The normalized spacial score (nSPS) is 21.0. The molecule has 1 N–H and O–H groups in total. The molecule has 0 saturated carbocycles. The molecule has 1 aliphatic heterocycles. The number of rotatable bonds is 3. The number of nitrogens with one attached hydrogen (secondary N) is 1. The summed E-state index contributed by atoms with van der Waals surface area (Å²) in [6.07, 6.45) is 2.57. The molecule has 0 unspecified atom stereocenters. The predicted molar refractivity (Wildman–Crippen MR) is 34.8 cm³/mol. The van der Waals surface area contributed by atoms with Crippen molar-refractivity contribution >= 4 is 0 Å². The highest BCUT2D eigenvalue weighted by atomic mass is 19.2. The first-order chi connectivity index (χ1) is 4.43. The minimum Gasteiger partial charge on any atom is -0.302 e. The van der Waals surface area contributed by atoms with Crippen LogP contribution < -0.4 is 5.54 Å². The maximum absolute atomic E-state index is 11.4. The molecule has 0 aromatic rings. The van der Waals surface area contributed by atoms with E-state index >= 15 is 0 Å². The molecule has 0 atom stereocenters. The Morgan fingerprint density at radius 1 is 1.33 bits per heavy atom. The highest BCUT2D eigenvalue weighted by molar-refractivity contribution is 4.65. The van der Waals surface area contributed by atoms with Crippen molar-refractivity contribution in [2.45, 2.75) is 12.8 Å². The van der Waals surface area contributed by atoms with Crippen LogP contribution in [0.15, 0.2) is 0 Å². The van der Waals surface area contributed by atoms with E-state index < -0.39 is 0 Å². The Hall–Kier alpha value is -0.150. The Bertz CT molecular complexity index is 71.5. The molecule has 0 aliphatic carbocycles. The second kappa shape index (κ2) is 3.80. The molecule has 1 fully saturated rings. The largest absolute Gasteiger partial charge is 0.302 e. The number of hydrogen-bond acceptors (Lipinski definition) is 2. The van der Waals surface area contributed by atoms with E-state index in [1.807, 2.05) is 0 Å². The third kappa shape index (κ3) is 2.28. The number of likely N-dealkylation sites (tertiary alicyclic amines) is 1. The van der Waals surface area contributed by atoms with E-state index in [9.17, 15) is 4.48 Å². The molecule has 1 rings (SSSR count). The standard InChI is InChI=1S/C6H13FN2/c7-8-3-6-9-4-1-2-5-9/h8H,1-6H2. The van der Waals surface area contributed by atoms with Gasteiger partial charge in [0.25, 0.3) is 0 Å². The van der Waals surface area contributed by atoms with Crippen LogP contribution in [0.25, 0.3) is 0 Å². The average molecular weight is 132 g/mol. The van der Waals surface area contributed by atoms with E-state index in [1.54, 1.807) is 5.54 Å². The van der Waals surface area contributed by atoms with E-state index in [4.69, 9.17) is 0 Å². The van der Waals surface area contributed by atoms with Gasteiger partial charge in [-0.2, -0.15) is 5.54 Å². The van der Waals surface area contributed by atoms with Gasteiger partial charge >= 0.3 is 0 Å². The summed E-state index contributed by atoms with van der Waals surface area (Å²) in [5, 5.41) is 0. The fraction of sp³-hybridized carbons (Fsp3) is 1.00. The van der Waals surface area contributed by atoms with Crippen molar-refractivity contribution in [3.05, 3.63) is 0 Å². The minimum absolute atomic E-state index is 0.472. The van der Waals surface area contributed by atoms with E-state index in [0.29, 0.717) is 6.54 Å². The van der Waals surface area contributed by atoms with Crippen LogP contribution in [0.3, 0.4) is 0 Å². The molecule has 1 saturated heterocycles. The lowest BCUT2D eigenvalue weighted by Gasteiger charge is -2.11. The van der Waals surface area contributed by atoms with Gasteiger partial charge in [0.15, 0.2) is 0 Å². The first-order valence-electron chi connectivity index (χ1n) is 3.49. The summed E-state index contributed by atoms with van der Waals surface area (Å²) in [6, 6.07) is 0. The molecular weight excluding hydrogens is 119 g/mol. The monoisotopic (exact) mass is 132 g/mol. The minimum atomic E-state index is 0.472. The molecule has 3 heteroatoms. The third-order valence-corrected chi connectivity index (χ3v) is 1.72. The summed E-state index contributed by atoms with van der Waals surface area (Å²) < 4.78 is 11.4. The molecule has 1 heterocycles. The van der Waals surface area contributed by atoms with E-state index in [0.717, 1.165) is 19.6 Å². The summed E-state index contributed by atoms with van der Waals surface area (Å²) in [5.74, 6) is 0. The lowest BCUT2D eigenvalue weighted by molar-refractivity contribution is 0.272. The second-order valence-electron chi connectivity index (χ2n) is 2.43. The van der Waals surface area contributed by atoms with Crippen molar-refractivity contribution in [1.82, 2.24) is 10.4 Å². The van der Waals surface area contributed by atoms with Gasteiger partial charge in [0.2, 0.25) is 0 Å². The first-order valence-corrected chi connectivity index (χ1v) is 3.49. The van der Waals surface area contributed by atoms with Gasteiger partial charge < -0.3 is 4.90 Å². The van der Waals surface area contributed by atoms with E-state index in [-0.39, 0.29) is 0 Å². The molecule has 9 heavy (non-hydrogen) atoms. The molecule has 2 nitrogen and oxygen atoms in total. The van der Waals surface area contributed by atoms with Crippen molar-refractivity contribution in [3.8, 4) is 0 Å². The summed E-state index contributed by atoms with van der Waals surface area (Å²) >= 11 is 0. The number of nitrogens with zero attached hydrogens (tertiary/aromatic N) is 1. The molecular formula is C6H13FN2. The Morgan fingerprint density at radius 3 is 2.56 bits per heavy atom. The molecule has 0 bridgehead atoms. The Labute approximate surface area is 55.0 Å². The third-order valence-electron chi connectivity index (χ3n) is 1.72. The molecule has 0 radical (unpaired) electrons. The molecule has 0 aromatic heterocycles. The summed E-state index contributed by atoms with van der Waals surface area (Å²) in [4.78, 5) is 2.27. The first kappa shape index (κ1) is 6.96. The van der Waals surface area contributed by atoms with Gasteiger partial charge in [0.05, 0.1) is 0 Å². The van der Waals surface area contributed by atoms with Crippen LogP contribution in [0.4, 0.5) is 4.48 Å². The van der Waals surface area contributed by atoms with Crippen LogP contribution in [-0.4, -0.2) is 31.1 Å². The lowest BCUT2D eigenvalue weighted by Crippen LogP contribution is -2.26. The number of hydrogen-bond donors (Lipinski definition) is 1. The van der Waals surface area contributed by atoms with Gasteiger partial charge in [-0.25, -0.2) is 0 Å². The van der Waals surface area contributed by atoms with Crippen molar-refractivity contribution in [3.63, 3.8) is 0 Å². The van der Waals surface area contributed by atoms with Crippen molar-refractivity contribution < 1.29 is 4.48 Å². The summed E-state index contributed by atoms with van der Waals surface area (Å²) in [6.45, 7) is 3.64. The van der Waals surface area contributed by atoms with Crippen molar-refractivity contribution in [2.24, 2.45) is 0 Å². The van der Waals surface area contributed by atoms with Gasteiger partial charge in [-0.1, -0.05) is 0 Å². The van der Waals surface area contributed by atoms with Gasteiger partial charge in [0.1, 0.15) is 0 Å². The van der Waals surface area contributed by atoms with Crippen LogP contribution in [0.1, 0.15) is 12.8 Å².